The number of rotatable bonds is 4. The van der Waals surface area contributed by atoms with Gasteiger partial charge in [-0.15, -0.1) is 0 Å². The van der Waals surface area contributed by atoms with Gasteiger partial charge in [0.25, 0.3) is 0 Å². The molecule has 0 spiro atoms. The molecule has 3 nitrogen and oxygen atoms in total. The summed E-state index contributed by atoms with van der Waals surface area (Å²) in [7, 11) is 0. The molecule has 0 aromatic carbocycles. The lowest BCUT2D eigenvalue weighted by Crippen LogP contribution is -2.35. The van der Waals surface area contributed by atoms with Crippen LogP contribution < -0.4 is 5.32 Å². The van der Waals surface area contributed by atoms with E-state index in [-0.39, 0.29) is 5.54 Å². The summed E-state index contributed by atoms with van der Waals surface area (Å²) < 4.78 is 5.20. The second kappa shape index (κ2) is 5.38. The van der Waals surface area contributed by atoms with E-state index in [4.69, 9.17) is 4.74 Å². The molecule has 1 aliphatic rings. The summed E-state index contributed by atoms with van der Waals surface area (Å²) in [5, 5.41) is 5.22. The summed E-state index contributed by atoms with van der Waals surface area (Å²) in [4.78, 5) is 4.47. The van der Waals surface area contributed by atoms with Gasteiger partial charge < -0.3 is 10.1 Å². The molecule has 94 valence electrons. The smallest absolute Gasteiger partial charge is 0.101 e. The van der Waals surface area contributed by atoms with Gasteiger partial charge in [0.1, 0.15) is 5.03 Å². The highest BCUT2D eigenvalue weighted by molar-refractivity contribution is 8.00. The Labute approximate surface area is 107 Å². The van der Waals surface area contributed by atoms with Gasteiger partial charge in [-0.3, -0.25) is 0 Å². The summed E-state index contributed by atoms with van der Waals surface area (Å²) in [5.74, 6) is 0. The van der Waals surface area contributed by atoms with Crippen molar-refractivity contribution < 1.29 is 4.74 Å². The van der Waals surface area contributed by atoms with Crippen molar-refractivity contribution in [2.45, 2.75) is 43.1 Å². The third-order valence-corrected chi connectivity index (χ3v) is 3.74. The number of nitrogens with one attached hydrogen (secondary N) is 1. The van der Waals surface area contributed by atoms with E-state index in [2.05, 4.69) is 37.1 Å². The lowest BCUT2D eigenvalue weighted by Gasteiger charge is -2.26. The zero-order valence-electron chi connectivity index (χ0n) is 10.7. The first kappa shape index (κ1) is 12.9. The van der Waals surface area contributed by atoms with E-state index in [0.29, 0.717) is 5.25 Å². The van der Waals surface area contributed by atoms with Crippen LogP contribution in [0.5, 0.6) is 0 Å². The Hall–Kier alpha value is -0.580. The van der Waals surface area contributed by atoms with E-state index in [1.54, 1.807) is 0 Å². The second-order valence-electron chi connectivity index (χ2n) is 5.35. The lowest BCUT2D eigenvalue weighted by molar-refractivity contribution is 0.0454. The summed E-state index contributed by atoms with van der Waals surface area (Å²) >= 11 is 1.83. The molecular formula is C13H20N2OS. The van der Waals surface area contributed by atoms with Crippen LogP contribution in [0.15, 0.2) is 23.4 Å². The van der Waals surface area contributed by atoms with Crippen molar-refractivity contribution in [2.24, 2.45) is 0 Å². The molecule has 1 fully saturated rings. The summed E-state index contributed by atoms with van der Waals surface area (Å²) in [6.07, 6.45) is 1.86. The van der Waals surface area contributed by atoms with Gasteiger partial charge in [0, 0.05) is 18.3 Å². The van der Waals surface area contributed by atoms with Gasteiger partial charge in [-0.2, -0.15) is 0 Å². The maximum absolute atomic E-state index is 5.20. The second-order valence-corrected chi connectivity index (χ2v) is 6.64. The Kier molecular flexibility index (Phi) is 4.07. The van der Waals surface area contributed by atoms with Crippen LogP contribution in [0, 0.1) is 0 Å². The van der Waals surface area contributed by atoms with Crippen LogP contribution in [-0.2, 0) is 11.3 Å². The first-order valence-corrected chi connectivity index (χ1v) is 6.86. The summed E-state index contributed by atoms with van der Waals surface area (Å²) in [6.45, 7) is 9.11. The number of pyridine rings is 1. The molecule has 0 amide bonds. The molecule has 1 N–H and O–H groups in total. The lowest BCUT2D eigenvalue weighted by atomic mass is 10.1. The molecule has 4 heteroatoms. The molecule has 2 rings (SSSR count). The molecule has 17 heavy (non-hydrogen) atoms. The standard InChI is InChI=1S/C13H20N2OS/c1-13(2,3)15-7-10-5-4-6-14-12(10)17-11-8-16-9-11/h4-6,11,15H,7-9H2,1-3H3. The molecule has 1 aliphatic heterocycles. The highest BCUT2D eigenvalue weighted by atomic mass is 32.2. The number of nitrogens with zero attached hydrogens (tertiary/aromatic N) is 1. The maximum atomic E-state index is 5.20. The topological polar surface area (TPSA) is 34.2 Å². The van der Waals surface area contributed by atoms with Crippen molar-refractivity contribution in [2.75, 3.05) is 13.2 Å². The van der Waals surface area contributed by atoms with E-state index in [1.807, 2.05) is 24.0 Å². The van der Waals surface area contributed by atoms with Crippen molar-refractivity contribution in [1.82, 2.24) is 10.3 Å². The van der Waals surface area contributed by atoms with Gasteiger partial charge >= 0.3 is 0 Å². The third-order valence-electron chi connectivity index (χ3n) is 2.54. The molecule has 0 unspecified atom stereocenters. The first-order valence-electron chi connectivity index (χ1n) is 5.98. The Morgan fingerprint density at radius 2 is 2.24 bits per heavy atom. The number of thioether (sulfide) groups is 1. The van der Waals surface area contributed by atoms with Crippen molar-refractivity contribution in [3.05, 3.63) is 23.9 Å². The number of hydrogen-bond acceptors (Lipinski definition) is 4. The van der Waals surface area contributed by atoms with Gasteiger partial charge in [0.05, 0.1) is 18.5 Å². The molecule has 2 heterocycles. The molecule has 0 saturated carbocycles. The van der Waals surface area contributed by atoms with E-state index >= 15 is 0 Å². The normalized spacial score (nSPS) is 16.9. The fourth-order valence-corrected chi connectivity index (χ4v) is 2.52. The fraction of sp³-hybridized carbons (Fsp3) is 0.615. The molecule has 0 bridgehead atoms. The zero-order chi connectivity index (χ0) is 12.3. The van der Waals surface area contributed by atoms with E-state index < -0.39 is 0 Å². The Bertz CT molecular complexity index is 372. The molecule has 0 atom stereocenters. The number of aromatic nitrogens is 1. The predicted octanol–water partition coefficient (Wildman–Crippen LogP) is 2.46. The predicted molar refractivity (Wildman–Crippen MR) is 71.3 cm³/mol. The number of hydrogen-bond donors (Lipinski definition) is 1. The minimum absolute atomic E-state index is 0.136. The summed E-state index contributed by atoms with van der Waals surface area (Å²) in [5.41, 5.74) is 1.41. The summed E-state index contributed by atoms with van der Waals surface area (Å²) in [6, 6.07) is 4.15. The maximum Gasteiger partial charge on any atom is 0.101 e. The Morgan fingerprint density at radius 1 is 1.47 bits per heavy atom. The van der Waals surface area contributed by atoms with Crippen LogP contribution in [0.25, 0.3) is 0 Å². The van der Waals surface area contributed by atoms with Crippen LogP contribution in [0.4, 0.5) is 0 Å². The largest absolute Gasteiger partial charge is 0.379 e. The molecule has 1 aromatic heterocycles. The van der Waals surface area contributed by atoms with Crippen molar-refractivity contribution in [3.63, 3.8) is 0 Å². The van der Waals surface area contributed by atoms with Crippen LogP contribution in [0.1, 0.15) is 26.3 Å². The number of ether oxygens (including phenoxy) is 1. The monoisotopic (exact) mass is 252 g/mol. The minimum atomic E-state index is 0.136. The molecule has 0 radical (unpaired) electrons. The zero-order valence-corrected chi connectivity index (χ0v) is 11.5. The average molecular weight is 252 g/mol. The first-order chi connectivity index (χ1) is 8.04. The van der Waals surface area contributed by atoms with Crippen LogP contribution in [-0.4, -0.2) is 29.0 Å². The van der Waals surface area contributed by atoms with Crippen molar-refractivity contribution in [1.29, 1.82) is 0 Å². The van der Waals surface area contributed by atoms with Crippen LogP contribution >= 0.6 is 11.8 Å². The average Bonchev–Trinajstić information content (AvgIpc) is 2.21. The third kappa shape index (κ3) is 3.98. The highest BCUT2D eigenvalue weighted by Crippen LogP contribution is 2.28. The fourth-order valence-electron chi connectivity index (χ4n) is 1.47. The van der Waals surface area contributed by atoms with Crippen molar-refractivity contribution in [3.8, 4) is 0 Å². The quantitative estimate of drug-likeness (QED) is 0.892. The Balaban J connectivity index is 1.99. The van der Waals surface area contributed by atoms with Gasteiger partial charge in [-0.05, 0) is 32.4 Å². The highest BCUT2D eigenvalue weighted by Gasteiger charge is 2.21. The van der Waals surface area contributed by atoms with Crippen LogP contribution in [0.2, 0.25) is 0 Å². The van der Waals surface area contributed by atoms with E-state index in [0.717, 1.165) is 24.8 Å². The molecular weight excluding hydrogens is 232 g/mol. The van der Waals surface area contributed by atoms with E-state index in [9.17, 15) is 0 Å². The van der Waals surface area contributed by atoms with Gasteiger partial charge in [0.15, 0.2) is 0 Å². The SMILES string of the molecule is CC(C)(C)NCc1cccnc1SC1COC1. The molecule has 0 aliphatic carbocycles. The Morgan fingerprint density at radius 3 is 2.82 bits per heavy atom. The van der Waals surface area contributed by atoms with Gasteiger partial charge in [-0.1, -0.05) is 17.8 Å². The van der Waals surface area contributed by atoms with Crippen molar-refractivity contribution >= 4 is 11.8 Å². The van der Waals surface area contributed by atoms with Crippen LogP contribution in [0.3, 0.4) is 0 Å². The van der Waals surface area contributed by atoms with E-state index in [1.165, 1.54) is 5.56 Å². The van der Waals surface area contributed by atoms with Gasteiger partial charge in [0.2, 0.25) is 0 Å². The van der Waals surface area contributed by atoms with Gasteiger partial charge in [-0.25, -0.2) is 4.98 Å². The molecule has 1 saturated heterocycles. The minimum Gasteiger partial charge on any atom is -0.379 e. The molecule has 1 aromatic rings.